The molecule has 1 amide bonds. The average Bonchev–Trinajstić information content (AvgIpc) is 2.48. The summed E-state index contributed by atoms with van der Waals surface area (Å²) in [4.78, 5) is 14.7. The number of aromatic nitrogens is 1. The molecule has 0 atom stereocenters. The fourth-order valence-electron chi connectivity index (χ4n) is 0.909. The molecule has 0 bridgehead atoms. The zero-order valence-electron chi connectivity index (χ0n) is 8.28. The van der Waals surface area contributed by atoms with Crippen LogP contribution in [-0.2, 0) is 4.79 Å². The maximum Gasteiger partial charge on any atom is 0.500 e. The van der Waals surface area contributed by atoms with Crippen LogP contribution in [0.4, 0.5) is 13.9 Å². The van der Waals surface area contributed by atoms with E-state index in [0.717, 1.165) is 17.5 Å². The summed E-state index contributed by atoms with van der Waals surface area (Å²) in [5, 5.41) is 19.7. The summed E-state index contributed by atoms with van der Waals surface area (Å²) in [5.41, 5.74) is 0. The quantitative estimate of drug-likeness (QED) is 0.646. The summed E-state index contributed by atoms with van der Waals surface area (Å²) < 4.78 is 25.0. The number of alkyl halides is 2. The van der Waals surface area contributed by atoms with Gasteiger partial charge in [-0.05, 0) is 6.92 Å². The number of hydrogen-bond acceptors (Lipinski definition) is 5. The van der Waals surface area contributed by atoms with Crippen LogP contribution < -0.4 is 10.1 Å². The van der Waals surface area contributed by atoms with Crippen molar-refractivity contribution in [1.82, 2.24) is 4.98 Å². The molecular weight excluding hydrogens is 241 g/mol. The van der Waals surface area contributed by atoms with E-state index in [1.54, 1.807) is 0 Å². The topological polar surface area (TPSA) is 82.5 Å². The third kappa shape index (κ3) is 4.21. The molecule has 0 aromatic carbocycles. The van der Waals surface area contributed by atoms with Crippen LogP contribution >= 0.6 is 11.3 Å². The van der Waals surface area contributed by atoms with Gasteiger partial charge >= 0.3 is 7.12 Å². The minimum Gasteiger partial charge on any atom is -0.423 e. The maximum absolute atomic E-state index is 12.5. The highest BCUT2D eigenvalue weighted by atomic mass is 32.1. The number of carbonyl (C=O) groups is 1. The van der Waals surface area contributed by atoms with Crippen molar-refractivity contribution in [2.24, 2.45) is 0 Å². The van der Waals surface area contributed by atoms with E-state index in [9.17, 15) is 13.6 Å². The van der Waals surface area contributed by atoms with Gasteiger partial charge in [0.1, 0.15) is 0 Å². The zero-order chi connectivity index (χ0) is 12.3. The van der Waals surface area contributed by atoms with Gasteiger partial charge in [0.25, 0.3) is 5.92 Å². The van der Waals surface area contributed by atoms with Crippen LogP contribution in [-0.4, -0.2) is 34.0 Å². The third-order valence-electron chi connectivity index (χ3n) is 1.50. The number of amides is 1. The first-order valence-corrected chi connectivity index (χ1v) is 5.09. The number of halogens is 2. The Kier molecular flexibility index (Phi) is 3.95. The van der Waals surface area contributed by atoms with Crippen molar-refractivity contribution in [3.8, 4) is 0 Å². The molecule has 0 aliphatic carbocycles. The molecule has 0 saturated carbocycles. The normalized spacial score (nSPS) is 11.3. The van der Waals surface area contributed by atoms with Gasteiger partial charge in [0.2, 0.25) is 5.91 Å². The zero-order valence-corrected chi connectivity index (χ0v) is 9.09. The molecule has 0 unspecified atom stereocenters. The number of nitrogens with one attached hydrogen (secondary N) is 1. The molecule has 0 fully saturated rings. The van der Waals surface area contributed by atoms with Crippen molar-refractivity contribution in [3.63, 3.8) is 0 Å². The lowest BCUT2D eigenvalue weighted by molar-refractivity contribution is -0.122. The van der Waals surface area contributed by atoms with Crippen molar-refractivity contribution >= 4 is 34.3 Å². The highest BCUT2D eigenvalue weighted by molar-refractivity contribution is 7.25. The number of nitrogens with zero attached hydrogens (tertiary/aromatic N) is 1. The second kappa shape index (κ2) is 4.85. The minimum absolute atomic E-state index is 0.0531. The second-order valence-electron chi connectivity index (χ2n) is 3.24. The van der Waals surface area contributed by atoms with Crippen LogP contribution in [0.3, 0.4) is 0 Å². The molecule has 5 nitrogen and oxygen atoms in total. The number of carbonyl (C=O) groups excluding carboxylic acids is 1. The van der Waals surface area contributed by atoms with E-state index >= 15 is 0 Å². The molecule has 1 aromatic rings. The average molecular weight is 250 g/mol. The molecule has 3 N–H and O–H groups in total. The van der Waals surface area contributed by atoms with E-state index in [1.807, 2.05) is 0 Å². The Hall–Kier alpha value is -1.06. The Labute approximate surface area is 94.3 Å². The van der Waals surface area contributed by atoms with Crippen molar-refractivity contribution in [2.75, 3.05) is 5.32 Å². The predicted octanol–water partition coefficient (Wildman–Crippen LogP) is -0.193. The molecule has 0 radical (unpaired) electrons. The number of thiazole rings is 1. The summed E-state index contributed by atoms with van der Waals surface area (Å²) >= 11 is 0.807. The molecule has 0 aliphatic rings. The first-order valence-electron chi connectivity index (χ1n) is 4.27. The number of hydrogen-bond donors (Lipinski definition) is 3. The minimum atomic E-state index is -3.08. The largest absolute Gasteiger partial charge is 0.500 e. The van der Waals surface area contributed by atoms with Gasteiger partial charge < -0.3 is 15.4 Å². The lowest BCUT2D eigenvalue weighted by Crippen LogP contribution is -2.26. The summed E-state index contributed by atoms with van der Waals surface area (Å²) in [6.07, 6.45) is 0.207. The Morgan fingerprint density at radius 3 is 2.75 bits per heavy atom. The van der Waals surface area contributed by atoms with Crippen LogP contribution in [0.2, 0.25) is 0 Å². The monoisotopic (exact) mass is 250 g/mol. The fourth-order valence-corrected chi connectivity index (χ4v) is 1.61. The van der Waals surface area contributed by atoms with Crippen molar-refractivity contribution in [1.29, 1.82) is 0 Å². The Balaban J connectivity index is 2.57. The fraction of sp³-hybridized carbons (Fsp3) is 0.429. The van der Waals surface area contributed by atoms with Crippen LogP contribution in [0.25, 0.3) is 0 Å². The molecule has 0 saturated heterocycles. The standard InChI is InChI=1S/C7H9BF2N2O3S/c1-7(9,10)2-5(13)12-6-11-3-4(16-6)8(14)15/h3,14-15H,2H2,1H3,(H,11,12,13). The summed E-state index contributed by atoms with van der Waals surface area (Å²) in [6, 6.07) is 0. The highest BCUT2D eigenvalue weighted by Gasteiger charge is 2.26. The van der Waals surface area contributed by atoms with Gasteiger partial charge in [-0.3, -0.25) is 4.79 Å². The lowest BCUT2D eigenvalue weighted by atomic mass is 9.91. The van der Waals surface area contributed by atoms with Gasteiger partial charge in [0.05, 0.1) is 11.2 Å². The summed E-state index contributed by atoms with van der Waals surface area (Å²) in [6.45, 7) is 0.636. The van der Waals surface area contributed by atoms with Gasteiger partial charge in [-0.2, -0.15) is 0 Å². The molecule has 88 valence electrons. The smallest absolute Gasteiger partial charge is 0.423 e. The lowest BCUT2D eigenvalue weighted by Gasteiger charge is -2.08. The molecular formula is C7H9BF2N2O3S. The third-order valence-corrected chi connectivity index (χ3v) is 2.45. The van der Waals surface area contributed by atoms with Crippen molar-refractivity contribution in [3.05, 3.63) is 6.20 Å². The Bertz CT molecular complexity index is 380. The number of anilines is 1. The Morgan fingerprint density at radius 2 is 2.31 bits per heavy atom. The Morgan fingerprint density at radius 1 is 1.69 bits per heavy atom. The van der Waals surface area contributed by atoms with E-state index < -0.39 is 25.4 Å². The molecule has 0 aliphatic heterocycles. The van der Waals surface area contributed by atoms with E-state index in [0.29, 0.717) is 6.92 Å². The molecule has 0 spiro atoms. The molecule has 16 heavy (non-hydrogen) atoms. The van der Waals surface area contributed by atoms with Gasteiger partial charge in [-0.15, -0.1) is 11.3 Å². The van der Waals surface area contributed by atoms with E-state index in [2.05, 4.69) is 10.3 Å². The first kappa shape index (κ1) is 13.0. The molecule has 9 heteroatoms. The maximum atomic E-state index is 12.5. The van der Waals surface area contributed by atoms with Crippen LogP contribution in [0.5, 0.6) is 0 Å². The highest BCUT2D eigenvalue weighted by Crippen LogP contribution is 2.18. The van der Waals surface area contributed by atoms with Crippen LogP contribution in [0, 0.1) is 0 Å². The number of rotatable bonds is 4. The van der Waals surface area contributed by atoms with E-state index in [-0.39, 0.29) is 9.91 Å². The summed E-state index contributed by atoms with van der Waals surface area (Å²) in [5.74, 6) is -3.96. The SMILES string of the molecule is CC(F)(F)CC(=O)Nc1ncc(B(O)O)s1. The second-order valence-corrected chi connectivity index (χ2v) is 4.30. The predicted molar refractivity (Wildman–Crippen MR) is 55.8 cm³/mol. The van der Waals surface area contributed by atoms with Crippen LogP contribution in [0.1, 0.15) is 13.3 Å². The van der Waals surface area contributed by atoms with Gasteiger partial charge in [-0.25, -0.2) is 13.8 Å². The van der Waals surface area contributed by atoms with E-state index in [4.69, 9.17) is 10.0 Å². The van der Waals surface area contributed by atoms with Crippen LogP contribution in [0.15, 0.2) is 6.20 Å². The van der Waals surface area contributed by atoms with Crippen molar-refractivity contribution in [2.45, 2.75) is 19.3 Å². The van der Waals surface area contributed by atoms with Crippen molar-refractivity contribution < 1.29 is 23.6 Å². The molecule has 1 rings (SSSR count). The molecule has 1 heterocycles. The molecule has 1 aromatic heterocycles. The summed E-state index contributed by atoms with van der Waals surface area (Å²) in [7, 11) is -1.68. The van der Waals surface area contributed by atoms with Gasteiger partial charge in [-0.1, -0.05) is 0 Å². The van der Waals surface area contributed by atoms with Gasteiger partial charge in [0.15, 0.2) is 5.13 Å². The van der Waals surface area contributed by atoms with E-state index in [1.165, 1.54) is 0 Å². The first-order chi connectivity index (χ1) is 7.28. The van der Waals surface area contributed by atoms with Gasteiger partial charge in [0, 0.05) is 6.20 Å².